The average Bonchev–Trinajstić information content (AvgIpc) is 2.31. The highest BCUT2D eigenvalue weighted by atomic mass is 127. The van der Waals surface area contributed by atoms with Gasteiger partial charge in [-0.3, -0.25) is 0 Å². The molecule has 1 unspecified atom stereocenters. The normalized spacial score (nSPS) is 24.5. The standard InChI is InChI=1S/C14H22IN3O/c1-13(2,3)10-9(15)11(16)18-12(17-10)14(4)7-5-6-8-19-14/h5-8H2,1-4H3,(H2,16,17,18). The van der Waals surface area contributed by atoms with Gasteiger partial charge in [-0.05, 0) is 48.8 Å². The molecule has 2 rings (SSSR count). The Morgan fingerprint density at radius 3 is 2.47 bits per heavy atom. The van der Waals surface area contributed by atoms with Crippen molar-refractivity contribution in [3.8, 4) is 0 Å². The van der Waals surface area contributed by atoms with Crippen LogP contribution in [0.1, 0.15) is 58.5 Å². The third-order valence-corrected chi connectivity index (χ3v) is 4.59. The van der Waals surface area contributed by atoms with Gasteiger partial charge in [-0.25, -0.2) is 9.97 Å². The summed E-state index contributed by atoms with van der Waals surface area (Å²) >= 11 is 2.23. The lowest BCUT2D eigenvalue weighted by molar-refractivity contribution is -0.0761. The van der Waals surface area contributed by atoms with Crippen LogP contribution in [0.2, 0.25) is 0 Å². The molecule has 0 aromatic carbocycles. The van der Waals surface area contributed by atoms with E-state index in [9.17, 15) is 0 Å². The first-order valence-electron chi connectivity index (χ1n) is 6.72. The molecular weight excluding hydrogens is 353 g/mol. The molecule has 1 aromatic rings. The van der Waals surface area contributed by atoms with Crippen LogP contribution >= 0.6 is 22.6 Å². The van der Waals surface area contributed by atoms with Gasteiger partial charge in [0.05, 0.1) is 9.26 Å². The lowest BCUT2D eigenvalue weighted by Gasteiger charge is -2.33. The second kappa shape index (κ2) is 5.16. The number of aromatic nitrogens is 2. The van der Waals surface area contributed by atoms with Gasteiger partial charge in [0.25, 0.3) is 0 Å². The first-order chi connectivity index (χ1) is 8.74. The van der Waals surface area contributed by atoms with Crippen molar-refractivity contribution in [2.45, 2.75) is 58.0 Å². The Balaban J connectivity index is 2.50. The number of nitrogens with zero attached hydrogens (tertiary/aromatic N) is 2. The van der Waals surface area contributed by atoms with Gasteiger partial charge in [0.1, 0.15) is 11.4 Å². The van der Waals surface area contributed by atoms with E-state index in [-0.39, 0.29) is 5.41 Å². The largest absolute Gasteiger partial charge is 0.383 e. The number of rotatable bonds is 1. The Morgan fingerprint density at radius 1 is 1.26 bits per heavy atom. The Hall–Kier alpha value is -0.430. The van der Waals surface area contributed by atoms with Crippen molar-refractivity contribution in [2.75, 3.05) is 12.3 Å². The van der Waals surface area contributed by atoms with Crippen LogP contribution in [-0.2, 0) is 15.8 Å². The van der Waals surface area contributed by atoms with Crippen LogP contribution in [0.4, 0.5) is 5.82 Å². The quantitative estimate of drug-likeness (QED) is 0.765. The zero-order valence-electron chi connectivity index (χ0n) is 12.1. The minimum atomic E-state index is -0.392. The van der Waals surface area contributed by atoms with E-state index in [2.05, 4.69) is 55.3 Å². The third kappa shape index (κ3) is 3.02. The van der Waals surface area contributed by atoms with E-state index in [1.807, 2.05) is 0 Å². The maximum Gasteiger partial charge on any atom is 0.162 e. The smallest absolute Gasteiger partial charge is 0.162 e. The van der Waals surface area contributed by atoms with Crippen molar-refractivity contribution in [1.29, 1.82) is 0 Å². The van der Waals surface area contributed by atoms with E-state index in [1.54, 1.807) is 0 Å². The summed E-state index contributed by atoms with van der Waals surface area (Å²) in [6.45, 7) is 9.27. The monoisotopic (exact) mass is 375 g/mol. The molecule has 0 spiro atoms. The Bertz CT molecular complexity index is 476. The summed E-state index contributed by atoms with van der Waals surface area (Å²) in [7, 11) is 0. The van der Waals surface area contributed by atoms with Gasteiger partial charge in [0, 0.05) is 12.0 Å². The molecule has 19 heavy (non-hydrogen) atoms. The van der Waals surface area contributed by atoms with Crippen molar-refractivity contribution in [3.05, 3.63) is 15.1 Å². The average molecular weight is 375 g/mol. The molecule has 1 aliphatic heterocycles. The fourth-order valence-corrected chi connectivity index (χ4v) is 3.36. The molecule has 1 saturated heterocycles. The van der Waals surface area contributed by atoms with Crippen molar-refractivity contribution in [3.63, 3.8) is 0 Å². The summed E-state index contributed by atoms with van der Waals surface area (Å²) in [5.41, 5.74) is 6.63. The summed E-state index contributed by atoms with van der Waals surface area (Å²) in [5.74, 6) is 1.29. The Morgan fingerprint density at radius 2 is 1.95 bits per heavy atom. The third-order valence-electron chi connectivity index (χ3n) is 3.53. The molecule has 1 fully saturated rings. The first kappa shape index (κ1) is 15.0. The van der Waals surface area contributed by atoms with Crippen molar-refractivity contribution in [1.82, 2.24) is 9.97 Å². The van der Waals surface area contributed by atoms with Gasteiger partial charge < -0.3 is 10.5 Å². The molecular formula is C14H22IN3O. The fraction of sp³-hybridized carbons (Fsp3) is 0.714. The van der Waals surface area contributed by atoms with Crippen LogP contribution in [0.5, 0.6) is 0 Å². The molecule has 2 heterocycles. The molecule has 4 nitrogen and oxygen atoms in total. The zero-order valence-corrected chi connectivity index (χ0v) is 14.2. The van der Waals surface area contributed by atoms with E-state index in [0.29, 0.717) is 5.82 Å². The molecule has 1 atom stereocenters. The van der Waals surface area contributed by atoms with Crippen LogP contribution in [0, 0.1) is 3.57 Å². The van der Waals surface area contributed by atoms with Crippen molar-refractivity contribution >= 4 is 28.4 Å². The maximum absolute atomic E-state index is 6.07. The van der Waals surface area contributed by atoms with Crippen LogP contribution in [-0.4, -0.2) is 16.6 Å². The van der Waals surface area contributed by atoms with Gasteiger partial charge >= 0.3 is 0 Å². The number of hydrogen-bond donors (Lipinski definition) is 1. The fourth-order valence-electron chi connectivity index (χ4n) is 2.31. The molecule has 106 valence electrons. The minimum absolute atomic E-state index is 0.0483. The maximum atomic E-state index is 6.07. The Kier molecular flexibility index (Phi) is 4.07. The summed E-state index contributed by atoms with van der Waals surface area (Å²) < 4.78 is 6.88. The van der Waals surface area contributed by atoms with Crippen LogP contribution < -0.4 is 5.73 Å². The predicted molar refractivity (Wildman–Crippen MR) is 85.0 cm³/mol. The van der Waals surface area contributed by atoms with E-state index >= 15 is 0 Å². The SMILES string of the molecule is CC(C)(C)c1nc(C2(C)CCCCO2)nc(N)c1I. The van der Waals surface area contributed by atoms with Crippen molar-refractivity contribution < 1.29 is 4.74 Å². The molecule has 1 aromatic heterocycles. The second-order valence-corrected chi connectivity index (χ2v) is 7.46. The molecule has 2 N–H and O–H groups in total. The van der Waals surface area contributed by atoms with Crippen LogP contribution in [0.3, 0.4) is 0 Å². The first-order valence-corrected chi connectivity index (χ1v) is 7.80. The number of hydrogen-bond acceptors (Lipinski definition) is 4. The summed E-state index contributed by atoms with van der Waals surface area (Å²) in [6.07, 6.45) is 3.22. The second-order valence-electron chi connectivity index (χ2n) is 6.38. The lowest BCUT2D eigenvalue weighted by atomic mass is 9.90. The van der Waals surface area contributed by atoms with E-state index in [4.69, 9.17) is 15.5 Å². The lowest BCUT2D eigenvalue weighted by Crippen LogP contribution is -2.34. The molecule has 0 saturated carbocycles. The van der Waals surface area contributed by atoms with Crippen LogP contribution in [0.15, 0.2) is 0 Å². The Labute approximate surface area is 128 Å². The number of halogens is 1. The highest BCUT2D eigenvalue weighted by Crippen LogP contribution is 2.36. The summed E-state index contributed by atoms with van der Waals surface area (Å²) in [6, 6.07) is 0. The number of nitrogens with two attached hydrogens (primary N) is 1. The van der Waals surface area contributed by atoms with Gasteiger partial charge in [-0.1, -0.05) is 20.8 Å². The number of nitrogen functional groups attached to an aromatic ring is 1. The van der Waals surface area contributed by atoms with Gasteiger partial charge in [0.2, 0.25) is 0 Å². The molecule has 0 bridgehead atoms. The zero-order chi connectivity index (χ0) is 14.3. The topological polar surface area (TPSA) is 61.0 Å². The highest BCUT2D eigenvalue weighted by molar-refractivity contribution is 14.1. The molecule has 0 aliphatic carbocycles. The van der Waals surface area contributed by atoms with Crippen LogP contribution in [0.25, 0.3) is 0 Å². The number of ether oxygens (including phenoxy) is 1. The molecule has 0 radical (unpaired) electrons. The molecule has 5 heteroatoms. The highest BCUT2D eigenvalue weighted by Gasteiger charge is 2.35. The number of anilines is 1. The van der Waals surface area contributed by atoms with E-state index < -0.39 is 5.60 Å². The van der Waals surface area contributed by atoms with E-state index in [0.717, 1.165) is 41.0 Å². The summed E-state index contributed by atoms with van der Waals surface area (Å²) in [5, 5.41) is 0. The minimum Gasteiger partial charge on any atom is -0.383 e. The van der Waals surface area contributed by atoms with Gasteiger partial charge in [-0.15, -0.1) is 0 Å². The van der Waals surface area contributed by atoms with Crippen molar-refractivity contribution in [2.24, 2.45) is 0 Å². The van der Waals surface area contributed by atoms with E-state index in [1.165, 1.54) is 0 Å². The van der Waals surface area contributed by atoms with Gasteiger partial charge in [-0.2, -0.15) is 0 Å². The predicted octanol–water partition coefficient (Wildman–Crippen LogP) is 3.38. The molecule has 1 aliphatic rings. The summed E-state index contributed by atoms with van der Waals surface area (Å²) in [4.78, 5) is 9.25. The van der Waals surface area contributed by atoms with Gasteiger partial charge in [0.15, 0.2) is 5.82 Å². The molecule has 0 amide bonds.